The van der Waals surface area contributed by atoms with E-state index in [0.29, 0.717) is 11.7 Å². The highest BCUT2D eigenvalue weighted by molar-refractivity contribution is 7.99. The van der Waals surface area contributed by atoms with Crippen molar-refractivity contribution in [2.75, 3.05) is 11.6 Å². The van der Waals surface area contributed by atoms with Gasteiger partial charge in [-0.05, 0) is 17.7 Å². The zero-order chi connectivity index (χ0) is 9.68. The second-order valence-electron chi connectivity index (χ2n) is 2.81. The molecule has 0 aromatic carbocycles. The Morgan fingerprint density at radius 3 is 3.08 bits per heavy atom. The molecule has 0 aliphatic heterocycles. The summed E-state index contributed by atoms with van der Waals surface area (Å²) in [6, 6.07) is 1.91. The van der Waals surface area contributed by atoms with Crippen LogP contribution in [0, 0.1) is 0 Å². The zero-order valence-electron chi connectivity index (χ0n) is 7.74. The predicted octanol–water partition coefficient (Wildman–Crippen LogP) is 2.83. The highest BCUT2D eigenvalue weighted by Gasteiger charge is 2.07. The van der Waals surface area contributed by atoms with Crippen molar-refractivity contribution in [3.05, 3.63) is 16.8 Å². The smallest absolute Gasteiger partial charge is 0.225 e. The first-order chi connectivity index (χ1) is 6.22. The molecule has 1 N–H and O–H groups in total. The molecule has 0 aliphatic carbocycles. The summed E-state index contributed by atoms with van der Waals surface area (Å²) in [5, 5.41) is 7.12. The Kier molecular flexibility index (Phi) is 4.32. The fourth-order valence-corrected chi connectivity index (χ4v) is 1.80. The van der Waals surface area contributed by atoms with Gasteiger partial charge >= 0.3 is 0 Å². The standard InChI is InChI=1S/C9H13NOS2/c1-7(12-2)5-9(11)10-8-3-4-13-6-8/h3-4,6-7H,5H2,1-2H3,(H,10,11). The molecule has 0 saturated carbocycles. The topological polar surface area (TPSA) is 29.1 Å². The van der Waals surface area contributed by atoms with Crippen LogP contribution in [0.5, 0.6) is 0 Å². The first-order valence-electron chi connectivity index (χ1n) is 4.07. The maximum absolute atomic E-state index is 11.4. The number of hydrogen-bond donors (Lipinski definition) is 1. The van der Waals surface area contributed by atoms with Crippen molar-refractivity contribution >= 4 is 34.7 Å². The lowest BCUT2D eigenvalue weighted by Crippen LogP contribution is -2.15. The molecule has 4 heteroatoms. The van der Waals surface area contributed by atoms with Gasteiger partial charge in [-0.2, -0.15) is 23.1 Å². The number of amides is 1. The number of hydrogen-bond acceptors (Lipinski definition) is 3. The van der Waals surface area contributed by atoms with Crippen LogP contribution >= 0.6 is 23.1 Å². The van der Waals surface area contributed by atoms with Gasteiger partial charge in [0.15, 0.2) is 0 Å². The van der Waals surface area contributed by atoms with Crippen molar-refractivity contribution in [3.63, 3.8) is 0 Å². The lowest BCUT2D eigenvalue weighted by molar-refractivity contribution is -0.116. The predicted molar refractivity (Wildman–Crippen MR) is 60.5 cm³/mol. The van der Waals surface area contributed by atoms with Gasteiger partial charge in [0.05, 0.1) is 5.69 Å². The first-order valence-corrected chi connectivity index (χ1v) is 6.30. The minimum atomic E-state index is 0.0975. The van der Waals surface area contributed by atoms with Gasteiger partial charge in [0.1, 0.15) is 0 Å². The van der Waals surface area contributed by atoms with Gasteiger partial charge in [-0.15, -0.1) is 0 Å². The quantitative estimate of drug-likeness (QED) is 0.836. The Hall–Kier alpha value is -0.480. The number of thiophene rings is 1. The Balaban J connectivity index is 2.34. The van der Waals surface area contributed by atoms with E-state index in [4.69, 9.17) is 0 Å². The average Bonchev–Trinajstić information content (AvgIpc) is 2.56. The molecule has 1 atom stereocenters. The van der Waals surface area contributed by atoms with Gasteiger partial charge < -0.3 is 5.32 Å². The van der Waals surface area contributed by atoms with Crippen LogP contribution in [0.3, 0.4) is 0 Å². The van der Waals surface area contributed by atoms with Gasteiger partial charge in [0, 0.05) is 17.1 Å². The van der Waals surface area contributed by atoms with Crippen molar-refractivity contribution in [1.29, 1.82) is 0 Å². The fourth-order valence-electron chi connectivity index (χ4n) is 0.892. The lowest BCUT2D eigenvalue weighted by atomic mass is 10.3. The van der Waals surface area contributed by atoms with Gasteiger partial charge in [0.25, 0.3) is 0 Å². The van der Waals surface area contributed by atoms with Crippen LogP contribution < -0.4 is 5.32 Å². The summed E-state index contributed by atoms with van der Waals surface area (Å²) in [4.78, 5) is 11.4. The summed E-state index contributed by atoms with van der Waals surface area (Å²) in [5.74, 6) is 0.0975. The molecule has 1 heterocycles. The number of nitrogens with one attached hydrogen (secondary N) is 1. The molecule has 1 amide bonds. The maximum atomic E-state index is 11.4. The Labute approximate surface area is 86.7 Å². The summed E-state index contributed by atoms with van der Waals surface area (Å²) in [6.45, 7) is 2.05. The molecule has 2 nitrogen and oxygen atoms in total. The normalized spacial score (nSPS) is 12.5. The summed E-state index contributed by atoms with van der Waals surface area (Å²) >= 11 is 3.29. The Morgan fingerprint density at radius 2 is 2.54 bits per heavy atom. The van der Waals surface area contributed by atoms with Crippen LogP contribution in [0.1, 0.15) is 13.3 Å². The van der Waals surface area contributed by atoms with Crippen molar-refractivity contribution in [1.82, 2.24) is 0 Å². The van der Waals surface area contributed by atoms with Gasteiger partial charge in [-0.3, -0.25) is 4.79 Å². The number of carbonyl (C=O) groups excluding carboxylic acids is 1. The van der Waals surface area contributed by atoms with Crippen molar-refractivity contribution < 1.29 is 4.79 Å². The molecular formula is C9H13NOS2. The molecule has 1 aromatic heterocycles. The molecule has 0 saturated heterocycles. The molecule has 1 rings (SSSR count). The summed E-state index contributed by atoms with van der Waals surface area (Å²) in [5.41, 5.74) is 0.906. The van der Waals surface area contributed by atoms with Gasteiger partial charge in [-0.25, -0.2) is 0 Å². The van der Waals surface area contributed by atoms with E-state index in [0.717, 1.165) is 5.69 Å². The summed E-state index contributed by atoms with van der Waals surface area (Å²) < 4.78 is 0. The van der Waals surface area contributed by atoms with E-state index in [-0.39, 0.29) is 5.91 Å². The minimum Gasteiger partial charge on any atom is -0.325 e. The van der Waals surface area contributed by atoms with Crippen LogP contribution in [0.2, 0.25) is 0 Å². The monoisotopic (exact) mass is 215 g/mol. The second-order valence-corrected chi connectivity index (χ2v) is 4.87. The van der Waals surface area contributed by atoms with E-state index in [2.05, 4.69) is 12.2 Å². The number of anilines is 1. The minimum absolute atomic E-state index is 0.0975. The Morgan fingerprint density at radius 1 is 1.77 bits per heavy atom. The van der Waals surface area contributed by atoms with E-state index in [9.17, 15) is 4.79 Å². The average molecular weight is 215 g/mol. The SMILES string of the molecule is CSC(C)CC(=O)Nc1ccsc1. The third kappa shape index (κ3) is 3.83. The van der Waals surface area contributed by atoms with Crippen LogP contribution in [0.25, 0.3) is 0 Å². The first kappa shape index (κ1) is 10.6. The molecule has 1 aromatic rings. The van der Waals surface area contributed by atoms with E-state index in [1.807, 2.05) is 23.1 Å². The molecule has 0 fully saturated rings. The highest BCUT2D eigenvalue weighted by Crippen LogP contribution is 2.14. The van der Waals surface area contributed by atoms with Crippen molar-refractivity contribution in [3.8, 4) is 0 Å². The molecule has 0 bridgehead atoms. The molecule has 13 heavy (non-hydrogen) atoms. The summed E-state index contributed by atoms with van der Waals surface area (Å²) in [7, 11) is 0. The van der Waals surface area contributed by atoms with E-state index >= 15 is 0 Å². The van der Waals surface area contributed by atoms with Crippen molar-refractivity contribution in [2.45, 2.75) is 18.6 Å². The van der Waals surface area contributed by atoms with Crippen molar-refractivity contribution in [2.24, 2.45) is 0 Å². The number of carbonyl (C=O) groups is 1. The zero-order valence-corrected chi connectivity index (χ0v) is 9.37. The molecule has 1 unspecified atom stereocenters. The largest absolute Gasteiger partial charge is 0.325 e. The van der Waals surface area contributed by atoms with Gasteiger partial charge in [0.2, 0.25) is 5.91 Å². The maximum Gasteiger partial charge on any atom is 0.225 e. The fraction of sp³-hybridized carbons (Fsp3) is 0.444. The number of thioether (sulfide) groups is 1. The van der Waals surface area contributed by atoms with Gasteiger partial charge in [-0.1, -0.05) is 6.92 Å². The van der Waals surface area contributed by atoms with Crippen LogP contribution in [-0.4, -0.2) is 17.4 Å². The second kappa shape index (κ2) is 5.29. The molecule has 0 aliphatic rings. The van der Waals surface area contributed by atoms with E-state index in [1.54, 1.807) is 23.1 Å². The molecule has 0 spiro atoms. The highest BCUT2D eigenvalue weighted by atomic mass is 32.2. The van der Waals surface area contributed by atoms with E-state index in [1.165, 1.54) is 0 Å². The van der Waals surface area contributed by atoms with Crippen LogP contribution in [0.15, 0.2) is 16.8 Å². The number of rotatable bonds is 4. The lowest BCUT2D eigenvalue weighted by Gasteiger charge is -2.07. The molecule has 0 radical (unpaired) electrons. The molecule has 72 valence electrons. The third-order valence-electron chi connectivity index (χ3n) is 1.68. The van der Waals surface area contributed by atoms with Crippen LogP contribution in [-0.2, 0) is 4.79 Å². The third-order valence-corrected chi connectivity index (χ3v) is 3.33. The van der Waals surface area contributed by atoms with E-state index < -0.39 is 0 Å². The molecular weight excluding hydrogens is 202 g/mol. The summed E-state index contributed by atoms with van der Waals surface area (Å²) in [6.07, 6.45) is 2.60. The van der Waals surface area contributed by atoms with Crippen LogP contribution in [0.4, 0.5) is 5.69 Å². The Bertz CT molecular complexity index is 259.